The number of nitrogens with one attached hydrogen (secondary N) is 1. The number of amides is 2. The third-order valence-corrected chi connectivity index (χ3v) is 4.52. The maximum absolute atomic E-state index is 13.5. The molecule has 2 aromatic heterocycles. The van der Waals surface area contributed by atoms with Crippen LogP contribution in [0.3, 0.4) is 0 Å². The van der Waals surface area contributed by atoms with Crippen LogP contribution in [0.1, 0.15) is 22.3 Å². The summed E-state index contributed by atoms with van der Waals surface area (Å²) in [5.74, 6) is -4.37. The molecule has 1 saturated heterocycles. The number of halogens is 2. The summed E-state index contributed by atoms with van der Waals surface area (Å²) < 4.78 is 27.0. The predicted octanol–water partition coefficient (Wildman–Crippen LogP) is 1.94. The Hall–Kier alpha value is -3.41. The molecule has 1 fully saturated rings. The zero-order valence-electron chi connectivity index (χ0n) is 15.0. The van der Waals surface area contributed by atoms with Crippen LogP contribution in [0.25, 0.3) is 11.1 Å². The Balaban J connectivity index is 1.74. The molecule has 3 heterocycles. The third kappa shape index (κ3) is 3.96. The Kier molecular flexibility index (Phi) is 5.31. The Morgan fingerprint density at radius 1 is 1.29 bits per heavy atom. The molecule has 1 aliphatic heterocycles. The largest absolute Gasteiger partial charge is 0.343 e. The second kappa shape index (κ2) is 7.68. The lowest BCUT2D eigenvalue weighted by molar-refractivity contribution is -0.131. The molecule has 2 aromatic rings. The number of likely N-dealkylation sites (tertiary alicyclic amines) is 1. The zero-order chi connectivity index (χ0) is 20.3. The number of hydrogen-bond donors (Lipinski definition) is 1. The Morgan fingerprint density at radius 3 is 2.71 bits per heavy atom. The fourth-order valence-corrected chi connectivity index (χ4v) is 3.13. The molecule has 1 aliphatic rings. The van der Waals surface area contributed by atoms with Crippen LogP contribution in [0.4, 0.5) is 8.78 Å². The van der Waals surface area contributed by atoms with Gasteiger partial charge in [0.2, 0.25) is 5.91 Å². The van der Waals surface area contributed by atoms with Crippen molar-refractivity contribution < 1.29 is 18.4 Å². The van der Waals surface area contributed by atoms with Gasteiger partial charge < -0.3 is 10.2 Å². The van der Waals surface area contributed by atoms with Crippen LogP contribution in [0.5, 0.6) is 0 Å². The molecular formula is C19H17F2N5O2. The fourth-order valence-electron chi connectivity index (χ4n) is 3.13. The van der Waals surface area contributed by atoms with Gasteiger partial charge in [0.1, 0.15) is 6.04 Å². The first-order valence-electron chi connectivity index (χ1n) is 8.52. The first-order chi connectivity index (χ1) is 13.3. The number of rotatable bonds is 4. The van der Waals surface area contributed by atoms with E-state index >= 15 is 0 Å². The van der Waals surface area contributed by atoms with E-state index in [9.17, 15) is 18.4 Å². The molecule has 3 rings (SSSR count). The van der Waals surface area contributed by atoms with E-state index in [1.165, 1.54) is 18.5 Å². The molecule has 28 heavy (non-hydrogen) atoms. The van der Waals surface area contributed by atoms with Crippen molar-refractivity contribution >= 4 is 11.8 Å². The van der Waals surface area contributed by atoms with Gasteiger partial charge in [0, 0.05) is 36.8 Å². The van der Waals surface area contributed by atoms with Crippen LogP contribution in [-0.4, -0.2) is 51.7 Å². The average molecular weight is 385 g/mol. The quantitative estimate of drug-likeness (QED) is 0.867. The van der Waals surface area contributed by atoms with Gasteiger partial charge >= 0.3 is 0 Å². The number of hydrogen-bond acceptors (Lipinski definition) is 5. The van der Waals surface area contributed by atoms with Gasteiger partial charge in [-0.1, -0.05) is 0 Å². The van der Waals surface area contributed by atoms with Gasteiger partial charge in [0.25, 0.3) is 11.8 Å². The summed E-state index contributed by atoms with van der Waals surface area (Å²) in [6, 6.07) is 3.77. The number of nitriles is 1. The summed E-state index contributed by atoms with van der Waals surface area (Å²) in [5, 5.41) is 11.4. The number of pyridine rings is 2. The predicted molar refractivity (Wildman–Crippen MR) is 95.2 cm³/mol. The minimum absolute atomic E-state index is 0.292. The van der Waals surface area contributed by atoms with Crippen molar-refractivity contribution in [3.8, 4) is 17.2 Å². The van der Waals surface area contributed by atoms with E-state index in [-0.39, 0.29) is 0 Å². The van der Waals surface area contributed by atoms with Crippen molar-refractivity contribution in [2.24, 2.45) is 0 Å². The number of carbonyl (C=O) groups excluding carboxylic acids is 2. The van der Waals surface area contributed by atoms with Gasteiger partial charge in [0.05, 0.1) is 24.7 Å². The first kappa shape index (κ1) is 19.4. The van der Waals surface area contributed by atoms with E-state index in [1.807, 2.05) is 6.92 Å². The lowest BCUT2D eigenvalue weighted by atomic mass is 9.99. The second-order valence-corrected chi connectivity index (χ2v) is 6.52. The van der Waals surface area contributed by atoms with Crippen LogP contribution in [0, 0.1) is 18.3 Å². The SMILES string of the molecule is Cc1cnccc1-c1cnccc1C(=O)NCC(=O)N1CC(F)(F)C[C@H]1C#N. The number of carbonyl (C=O) groups is 2. The minimum atomic E-state index is -3.10. The van der Waals surface area contributed by atoms with Crippen LogP contribution >= 0.6 is 0 Å². The summed E-state index contributed by atoms with van der Waals surface area (Å²) in [6.45, 7) is 0.539. The monoisotopic (exact) mass is 385 g/mol. The highest BCUT2D eigenvalue weighted by Gasteiger charge is 2.47. The average Bonchev–Trinajstić information content (AvgIpc) is 3.01. The Bertz CT molecular complexity index is 957. The van der Waals surface area contributed by atoms with Crippen molar-refractivity contribution in [2.45, 2.75) is 25.3 Å². The number of alkyl halides is 2. The molecule has 7 nitrogen and oxygen atoms in total. The van der Waals surface area contributed by atoms with Crippen molar-refractivity contribution in [1.82, 2.24) is 20.2 Å². The van der Waals surface area contributed by atoms with Crippen molar-refractivity contribution in [3.05, 3.63) is 48.0 Å². The van der Waals surface area contributed by atoms with Gasteiger partial charge in [-0.15, -0.1) is 0 Å². The normalized spacial score (nSPS) is 17.8. The van der Waals surface area contributed by atoms with E-state index in [1.54, 1.807) is 24.5 Å². The first-order valence-corrected chi connectivity index (χ1v) is 8.52. The molecule has 0 saturated carbocycles. The molecule has 0 unspecified atom stereocenters. The van der Waals surface area contributed by atoms with Crippen LogP contribution < -0.4 is 5.32 Å². The molecular weight excluding hydrogens is 368 g/mol. The summed E-state index contributed by atoms with van der Waals surface area (Å²) in [5.41, 5.74) is 2.47. The van der Waals surface area contributed by atoms with E-state index < -0.39 is 43.3 Å². The highest BCUT2D eigenvalue weighted by Crippen LogP contribution is 2.31. The number of aromatic nitrogens is 2. The van der Waals surface area contributed by atoms with Crippen LogP contribution in [0.2, 0.25) is 0 Å². The molecule has 0 aromatic carbocycles. The van der Waals surface area contributed by atoms with Gasteiger partial charge in [-0.2, -0.15) is 5.26 Å². The summed E-state index contributed by atoms with van der Waals surface area (Å²) in [6.07, 6.45) is 5.54. The molecule has 0 spiro atoms. The van der Waals surface area contributed by atoms with E-state index in [4.69, 9.17) is 5.26 Å². The Morgan fingerprint density at radius 2 is 2.00 bits per heavy atom. The number of nitrogens with zero attached hydrogens (tertiary/aromatic N) is 4. The highest BCUT2D eigenvalue weighted by molar-refractivity contribution is 6.02. The molecule has 2 amide bonds. The molecule has 1 N–H and O–H groups in total. The molecule has 144 valence electrons. The minimum Gasteiger partial charge on any atom is -0.343 e. The maximum atomic E-state index is 13.5. The molecule has 9 heteroatoms. The highest BCUT2D eigenvalue weighted by atomic mass is 19.3. The molecule has 0 aliphatic carbocycles. The van der Waals surface area contributed by atoms with Crippen molar-refractivity contribution in [3.63, 3.8) is 0 Å². The molecule has 1 atom stereocenters. The van der Waals surface area contributed by atoms with Gasteiger partial charge in [-0.3, -0.25) is 19.6 Å². The molecule has 0 bridgehead atoms. The zero-order valence-corrected chi connectivity index (χ0v) is 15.0. The Labute approximate surface area is 160 Å². The van der Waals surface area contributed by atoms with E-state index in [0.717, 1.165) is 16.0 Å². The fraction of sp³-hybridized carbons (Fsp3) is 0.316. The summed E-state index contributed by atoms with van der Waals surface area (Å²) >= 11 is 0. The van der Waals surface area contributed by atoms with Crippen molar-refractivity contribution in [1.29, 1.82) is 5.26 Å². The molecule has 0 radical (unpaired) electrons. The lowest BCUT2D eigenvalue weighted by Gasteiger charge is -2.19. The van der Waals surface area contributed by atoms with E-state index in [2.05, 4.69) is 15.3 Å². The second-order valence-electron chi connectivity index (χ2n) is 6.52. The van der Waals surface area contributed by atoms with Gasteiger partial charge in [0.15, 0.2) is 0 Å². The summed E-state index contributed by atoms with van der Waals surface area (Å²) in [7, 11) is 0. The third-order valence-electron chi connectivity index (χ3n) is 4.52. The topological polar surface area (TPSA) is 99.0 Å². The van der Waals surface area contributed by atoms with E-state index in [0.29, 0.717) is 11.1 Å². The smallest absolute Gasteiger partial charge is 0.268 e. The summed E-state index contributed by atoms with van der Waals surface area (Å²) in [4.78, 5) is 33.7. The maximum Gasteiger partial charge on any atom is 0.268 e. The number of aryl methyl sites for hydroxylation is 1. The van der Waals surface area contributed by atoms with Gasteiger partial charge in [-0.25, -0.2) is 8.78 Å². The van der Waals surface area contributed by atoms with Gasteiger partial charge in [-0.05, 0) is 30.2 Å². The lowest BCUT2D eigenvalue weighted by Crippen LogP contribution is -2.43. The van der Waals surface area contributed by atoms with Crippen LogP contribution in [0.15, 0.2) is 36.9 Å². The standard InChI is InChI=1S/C19H17F2N5O2/c1-12-8-23-4-2-14(12)16-9-24-5-3-15(16)18(28)25-10-17(27)26-11-19(20,21)6-13(26)7-22/h2-5,8-9,13H,6,10-11H2,1H3,(H,25,28)/t13-/m0/s1. The van der Waals surface area contributed by atoms with Crippen LogP contribution in [-0.2, 0) is 4.79 Å². The van der Waals surface area contributed by atoms with Crippen molar-refractivity contribution in [2.75, 3.05) is 13.1 Å².